The second kappa shape index (κ2) is 9.95. The number of nitrogens with zero attached hydrogens (tertiary/aromatic N) is 4. The van der Waals surface area contributed by atoms with Gasteiger partial charge in [-0.3, -0.25) is 9.59 Å². The summed E-state index contributed by atoms with van der Waals surface area (Å²) in [6.07, 6.45) is 3.15. The van der Waals surface area contributed by atoms with E-state index in [1.807, 2.05) is 19.1 Å². The van der Waals surface area contributed by atoms with Gasteiger partial charge in [0, 0.05) is 36.1 Å². The maximum atomic E-state index is 12.9. The van der Waals surface area contributed by atoms with Gasteiger partial charge in [0.25, 0.3) is 5.56 Å². The van der Waals surface area contributed by atoms with Gasteiger partial charge >= 0.3 is 0 Å². The molecule has 1 N–H and O–H groups in total. The van der Waals surface area contributed by atoms with Crippen LogP contribution < -0.4 is 10.9 Å². The molecule has 1 amide bonds. The molecule has 9 heteroatoms. The van der Waals surface area contributed by atoms with E-state index in [1.165, 1.54) is 16.8 Å². The summed E-state index contributed by atoms with van der Waals surface area (Å²) in [6.45, 7) is 2.61. The summed E-state index contributed by atoms with van der Waals surface area (Å²) >= 11 is 5.95. The van der Waals surface area contributed by atoms with Crippen molar-refractivity contribution >= 4 is 28.4 Å². The topological polar surface area (TPSA) is 81.8 Å². The van der Waals surface area contributed by atoms with Crippen molar-refractivity contribution in [3.8, 4) is 5.69 Å². The van der Waals surface area contributed by atoms with Crippen LogP contribution in [0.2, 0.25) is 5.02 Å². The van der Waals surface area contributed by atoms with Gasteiger partial charge in [0.15, 0.2) is 5.52 Å². The summed E-state index contributed by atoms with van der Waals surface area (Å²) in [5, 5.41) is 13.0. The number of halogens is 2. The highest BCUT2D eigenvalue weighted by Crippen LogP contribution is 2.17. The molecule has 4 rings (SSSR count). The zero-order valence-corrected chi connectivity index (χ0v) is 18.8. The largest absolute Gasteiger partial charge is 0.356 e. The Morgan fingerprint density at radius 1 is 1.09 bits per heavy atom. The van der Waals surface area contributed by atoms with Gasteiger partial charge in [-0.05, 0) is 61.7 Å². The number of amides is 1. The van der Waals surface area contributed by atoms with Gasteiger partial charge in [-0.1, -0.05) is 23.7 Å². The molecule has 2 aromatic heterocycles. The van der Waals surface area contributed by atoms with Crippen molar-refractivity contribution in [1.82, 2.24) is 24.9 Å². The number of benzene rings is 2. The minimum absolute atomic E-state index is 0.102. The Morgan fingerprint density at radius 2 is 1.82 bits per heavy atom. The third-order valence-electron chi connectivity index (χ3n) is 5.33. The zero-order chi connectivity index (χ0) is 23.4. The highest BCUT2D eigenvalue weighted by Gasteiger charge is 2.13. The highest BCUT2D eigenvalue weighted by atomic mass is 35.5. The van der Waals surface area contributed by atoms with E-state index in [2.05, 4.69) is 15.5 Å². The number of hydrogen-bond donors (Lipinski definition) is 1. The lowest BCUT2D eigenvalue weighted by Gasteiger charge is -2.07. The van der Waals surface area contributed by atoms with Crippen LogP contribution in [0.4, 0.5) is 4.39 Å². The summed E-state index contributed by atoms with van der Waals surface area (Å²) in [4.78, 5) is 25.0. The maximum absolute atomic E-state index is 12.9. The monoisotopic (exact) mass is 467 g/mol. The molecule has 0 aliphatic rings. The molecule has 2 aromatic carbocycles. The molecule has 170 valence electrons. The Bertz CT molecular complexity index is 1330. The van der Waals surface area contributed by atoms with Crippen LogP contribution in [0.5, 0.6) is 0 Å². The third-order valence-corrected chi connectivity index (χ3v) is 5.58. The van der Waals surface area contributed by atoms with E-state index in [9.17, 15) is 14.0 Å². The predicted octanol–water partition coefficient (Wildman–Crippen LogP) is 3.82. The first-order valence-electron chi connectivity index (χ1n) is 10.6. The standard InChI is InChI=1S/C24H23ClFN5O2/c1-16-21-15-31(20-10-6-18(25)7-11-20)29-23(21)24(33)30(28-16)14-2-3-22(32)27-13-12-17-4-8-19(26)9-5-17/h4-11,15H,2-3,12-14H2,1H3,(H,27,32). The first-order valence-corrected chi connectivity index (χ1v) is 11.0. The van der Waals surface area contributed by atoms with Gasteiger partial charge in [-0.25, -0.2) is 13.8 Å². The van der Waals surface area contributed by atoms with E-state index >= 15 is 0 Å². The Hall–Kier alpha value is -3.52. The van der Waals surface area contributed by atoms with E-state index < -0.39 is 0 Å². The fourth-order valence-electron chi connectivity index (χ4n) is 3.55. The molecule has 7 nitrogen and oxygen atoms in total. The quantitative estimate of drug-likeness (QED) is 0.427. The second-order valence-corrected chi connectivity index (χ2v) is 8.19. The second-order valence-electron chi connectivity index (χ2n) is 7.76. The van der Waals surface area contributed by atoms with E-state index in [0.29, 0.717) is 47.6 Å². The van der Waals surface area contributed by atoms with Crippen molar-refractivity contribution in [2.45, 2.75) is 32.7 Å². The lowest BCUT2D eigenvalue weighted by Crippen LogP contribution is -2.27. The van der Waals surface area contributed by atoms with Crippen molar-refractivity contribution in [2.24, 2.45) is 0 Å². The normalized spacial score (nSPS) is 11.1. The minimum Gasteiger partial charge on any atom is -0.356 e. The van der Waals surface area contributed by atoms with Gasteiger partial charge in [-0.15, -0.1) is 0 Å². The van der Waals surface area contributed by atoms with Gasteiger partial charge in [-0.2, -0.15) is 10.2 Å². The average molecular weight is 468 g/mol. The van der Waals surface area contributed by atoms with Crippen molar-refractivity contribution < 1.29 is 9.18 Å². The number of rotatable bonds is 8. The van der Waals surface area contributed by atoms with E-state index in [0.717, 1.165) is 11.3 Å². The number of aryl methyl sites for hydroxylation is 2. The number of nitrogens with one attached hydrogen (secondary N) is 1. The minimum atomic E-state index is -0.292. The molecule has 0 aliphatic carbocycles. The number of aromatic nitrogens is 4. The van der Waals surface area contributed by atoms with Crippen LogP contribution in [-0.4, -0.2) is 32.0 Å². The molecule has 0 bridgehead atoms. The molecule has 0 radical (unpaired) electrons. The molecule has 0 atom stereocenters. The Labute approximate surface area is 194 Å². The molecule has 4 aromatic rings. The van der Waals surface area contributed by atoms with E-state index in [1.54, 1.807) is 35.1 Å². The molecule has 0 saturated carbocycles. The van der Waals surface area contributed by atoms with Crippen LogP contribution in [0.15, 0.2) is 59.5 Å². The van der Waals surface area contributed by atoms with Gasteiger partial charge in [0.1, 0.15) is 5.82 Å². The van der Waals surface area contributed by atoms with E-state index in [4.69, 9.17) is 11.6 Å². The molecule has 2 heterocycles. The van der Waals surface area contributed by atoms with Crippen LogP contribution in [0, 0.1) is 12.7 Å². The average Bonchev–Trinajstić information content (AvgIpc) is 3.25. The smallest absolute Gasteiger partial charge is 0.295 e. The van der Waals surface area contributed by atoms with Crippen LogP contribution >= 0.6 is 11.6 Å². The highest BCUT2D eigenvalue weighted by molar-refractivity contribution is 6.30. The predicted molar refractivity (Wildman–Crippen MR) is 125 cm³/mol. The molecular weight excluding hydrogens is 445 g/mol. The number of hydrogen-bond acceptors (Lipinski definition) is 4. The summed E-state index contributed by atoms with van der Waals surface area (Å²) in [7, 11) is 0. The van der Waals surface area contributed by atoms with Crippen molar-refractivity contribution in [2.75, 3.05) is 6.54 Å². The number of carbonyl (C=O) groups is 1. The fourth-order valence-corrected chi connectivity index (χ4v) is 3.68. The summed E-state index contributed by atoms with van der Waals surface area (Å²) < 4.78 is 15.9. The fraction of sp³-hybridized carbons (Fsp3) is 0.250. The molecule has 0 fully saturated rings. The first-order chi connectivity index (χ1) is 15.9. The molecule has 0 saturated heterocycles. The molecular formula is C24H23ClFN5O2. The zero-order valence-electron chi connectivity index (χ0n) is 18.1. The van der Waals surface area contributed by atoms with Crippen LogP contribution in [-0.2, 0) is 17.8 Å². The van der Waals surface area contributed by atoms with Crippen molar-refractivity contribution in [1.29, 1.82) is 0 Å². The van der Waals surface area contributed by atoms with Crippen LogP contribution in [0.3, 0.4) is 0 Å². The molecule has 0 spiro atoms. The lowest BCUT2D eigenvalue weighted by molar-refractivity contribution is -0.121. The van der Waals surface area contributed by atoms with Gasteiger partial charge in [0.05, 0.1) is 11.4 Å². The van der Waals surface area contributed by atoms with Crippen molar-refractivity contribution in [3.63, 3.8) is 0 Å². The lowest BCUT2D eigenvalue weighted by atomic mass is 10.1. The first kappa shape index (κ1) is 22.7. The summed E-state index contributed by atoms with van der Waals surface area (Å²) in [5.41, 5.74) is 2.47. The summed E-state index contributed by atoms with van der Waals surface area (Å²) in [6, 6.07) is 13.4. The molecule has 0 aliphatic heterocycles. The van der Waals surface area contributed by atoms with Crippen LogP contribution in [0.1, 0.15) is 24.1 Å². The third kappa shape index (κ3) is 5.46. The van der Waals surface area contributed by atoms with Gasteiger partial charge in [0.2, 0.25) is 5.91 Å². The Balaban J connectivity index is 1.35. The number of carbonyl (C=O) groups excluding carboxylic acids is 1. The maximum Gasteiger partial charge on any atom is 0.295 e. The molecule has 0 unspecified atom stereocenters. The van der Waals surface area contributed by atoms with Gasteiger partial charge < -0.3 is 5.32 Å². The number of fused-ring (bicyclic) bond motifs is 1. The Morgan fingerprint density at radius 3 is 2.55 bits per heavy atom. The summed E-state index contributed by atoms with van der Waals surface area (Å²) in [5.74, 6) is -0.383. The SMILES string of the molecule is Cc1nn(CCCC(=O)NCCc2ccc(F)cc2)c(=O)c2nn(-c3ccc(Cl)cc3)cc12. The van der Waals surface area contributed by atoms with Crippen LogP contribution in [0.25, 0.3) is 16.6 Å². The van der Waals surface area contributed by atoms with Crippen molar-refractivity contribution in [3.05, 3.63) is 87.2 Å². The Kier molecular flexibility index (Phi) is 6.84. The molecule has 33 heavy (non-hydrogen) atoms. The van der Waals surface area contributed by atoms with E-state index in [-0.39, 0.29) is 23.7 Å².